The average molecular weight is 210 g/mol. The number of ether oxygens (including phenoxy) is 1. The lowest BCUT2D eigenvalue weighted by molar-refractivity contribution is -0.144. The zero-order valence-electron chi connectivity index (χ0n) is 7.28. The van der Waals surface area contributed by atoms with Gasteiger partial charge in [0.15, 0.2) is 6.10 Å². The molecular formula is C6H6N6O3. The van der Waals surface area contributed by atoms with Gasteiger partial charge in [-0.05, 0) is 0 Å². The zero-order valence-corrected chi connectivity index (χ0v) is 7.28. The summed E-state index contributed by atoms with van der Waals surface area (Å²) in [6.07, 6.45) is 0.919. The number of nitrogens with zero attached hydrogens (tertiary/aromatic N) is 4. The quantitative estimate of drug-likeness (QED) is 0.529. The maximum atomic E-state index is 11.3. The molecule has 78 valence electrons. The number of aromatic nitrogens is 6. The highest BCUT2D eigenvalue weighted by atomic mass is 16.6. The highest BCUT2D eigenvalue weighted by Gasteiger charge is 2.22. The number of aliphatic hydroxyl groups is 1. The molecule has 0 aliphatic rings. The van der Waals surface area contributed by atoms with Crippen molar-refractivity contribution in [2.75, 3.05) is 0 Å². The van der Waals surface area contributed by atoms with Gasteiger partial charge in [0.05, 0.1) is 6.20 Å². The number of hydrogen-bond acceptors (Lipinski definition) is 7. The van der Waals surface area contributed by atoms with Crippen molar-refractivity contribution in [2.24, 2.45) is 0 Å². The van der Waals surface area contributed by atoms with Gasteiger partial charge >= 0.3 is 5.97 Å². The van der Waals surface area contributed by atoms with E-state index in [1.807, 2.05) is 0 Å². The SMILES string of the molecule is O=C(Oc1cn[nH]n1)C(O)c1cn[nH]n1. The van der Waals surface area contributed by atoms with Gasteiger partial charge in [0, 0.05) is 0 Å². The summed E-state index contributed by atoms with van der Waals surface area (Å²) < 4.78 is 4.66. The van der Waals surface area contributed by atoms with Crippen molar-refractivity contribution in [3.63, 3.8) is 0 Å². The Bertz CT molecular complexity index is 424. The van der Waals surface area contributed by atoms with Crippen LogP contribution in [0.25, 0.3) is 0 Å². The Labute approximate surface area is 82.5 Å². The van der Waals surface area contributed by atoms with Crippen LogP contribution in [-0.2, 0) is 4.79 Å². The van der Waals surface area contributed by atoms with E-state index in [1.54, 1.807) is 0 Å². The van der Waals surface area contributed by atoms with Crippen molar-refractivity contribution < 1.29 is 14.6 Å². The highest BCUT2D eigenvalue weighted by Crippen LogP contribution is 2.11. The van der Waals surface area contributed by atoms with Gasteiger partial charge in [-0.25, -0.2) is 4.79 Å². The van der Waals surface area contributed by atoms with E-state index in [1.165, 1.54) is 12.4 Å². The molecule has 0 aliphatic carbocycles. The first-order chi connectivity index (χ1) is 7.27. The number of aliphatic hydroxyl groups excluding tert-OH is 1. The molecule has 0 spiro atoms. The minimum Gasteiger partial charge on any atom is -0.402 e. The summed E-state index contributed by atoms with van der Waals surface area (Å²) >= 11 is 0. The molecule has 1 unspecified atom stereocenters. The van der Waals surface area contributed by atoms with Gasteiger partial charge in [-0.15, -0.1) is 5.10 Å². The number of carbonyl (C=O) groups is 1. The molecular weight excluding hydrogens is 204 g/mol. The molecule has 3 N–H and O–H groups in total. The van der Waals surface area contributed by atoms with E-state index >= 15 is 0 Å². The first-order valence-electron chi connectivity index (χ1n) is 3.88. The molecule has 0 radical (unpaired) electrons. The second kappa shape index (κ2) is 3.84. The van der Waals surface area contributed by atoms with Crippen molar-refractivity contribution in [3.05, 3.63) is 18.1 Å². The van der Waals surface area contributed by atoms with Crippen LogP contribution in [0.15, 0.2) is 12.4 Å². The van der Waals surface area contributed by atoms with Crippen LogP contribution < -0.4 is 4.74 Å². The summed E-state index contributed by atoms with van der Waals surface area (Å²) in [5.74, 6) is -0.930. The first kappa shape index (κ1) is 9.27. The third-order valence-corrected chi connectivity index (χ3v) is 1.54. The van der Waals surface area contributed by atoms with Crippen LogP contribution in [0.5, 0.6) is 5.88 Å². The van der Waals surface area contributed by atoms with Crippen LogP contribution in [0.1, 0.15) is 11.8 Å². The van der Waals surface area contributed by atoms with Crippen LogP contribution in [0.4, 0.5) is 0 Å². The number of rotatable bonds is 3. The maximum absolute atomic E-state index is 11.3. The normalized spacial score (nSPS) is 12.3. The van der Waals surface area contributed by atoms with E-state index in [4.69, 9.17) is 0 Å². The van der Waals surface area contributed by atoms with Crippen molar-refractivity contribution >= 4 is 5.97 Å². The van der Waals surface area contributed by atoms with Crippen molar-refractivity contribution in [1.82, 2.24) is 30.8 Å². The second-order valence-electron chi connectivity index (χ2n) is 2.53. The molecule has 0 amide bonds. The topological polar surface area (TPSA) is 130 Å². The van der Waals surface area contributed by atoms with Gasteiger partial charge < -0.3 is 9.84 Å². The fourth-order valence-electron chi connectivity index (χ4n) is 0.862. The Hall–Kier alpha value is -2.29. The predicted molar refractivity (Wildman–Crippen MR) is 43.4 cm³/mol. The molecule has 0 aromatic carbocycles. The minimum atomic E-state index is -1.50. The summed E-state index contributed by atoms with van der Waals surface area (Å²) in [7, 11) is 0. The van der Waals surface area contributed by atoms with Gasteiger partial charge in [0.2, 0.25) is 0 Å². The molecule has 9 heteroatoms. The van der Waals surface area contributed by atoms with Gasteiger partial charge in [-0.2, -0.15) is 25.7 Å². The monoisotopic (exact) mass is 210 g/mol. The van der Waals surface area contributed by atoms with E-state index in [2.05, 4.69) is 35.6 Å². The molecule has 15 heavy (non-hydrogen) atoms. The molecule has 0 fully saturated rings. The molecule has 2 rings (SSSR count). The van der Waals surface area contributed by atoms with Crippen molar-refractivity contribution in [2.45, 2.75) is 6.10 Å². The van der Waals surface area contributed by atoms with E-state index in [9.17, 15) is 9.90 Å². The van der Waals surface area contributed by atoms with Crippen LogP contribution in [-0.4, -0.2) is 41.9 Å². The minimum absolute atomic E-state index is 0.0254. The van der Waals surface area contributed by atoms with Crippen molar-refractivity contribution in [1.29, 1.82) is 0 Å². The van der Waals surface area contributed by atoms with Gasteiger partial charge in [0.1, 0.15) is 11.9 Å². The predicted octanol–water partition coefficient (Wildman–Crippen LogP) is -1.44. The van der Waals surface area contributed by atoms with Crippen LogP contribution in [0.3, 0.4) is 0 Å². The van der Waals surface area contributed by atoms with Gasteiger partial charge in [0.25, 0.3) is 5.88 Å². The smallest absolute Gasteiger partial charge is 0.348 e. The molecule has 0 aliphatic heterocycles. The van der Waals surface area contributed by atoms with E-state index in [0.717, 1.165) is 0 Å². The molecule has 0 saturated carbocycles. The number of nitrogens with one attached hydrogen (secondary N) is 2. The van der Waals surface area contributed by atoms with Crippen LogP contribution in [0.2, 0.25) is 0 Å². The third-order valence-electron chi connectivity index (χ3n) is 1.54. The number of esters is 1. The number of aromatic amines is 2. The van der Waals surface area contributed by atoms with E-state index < -0.39 is 12.1 Å². The summed E-state index contributed by atoms with van der Waals surface area (Å²) in [5, 5.41) is 27.8. The van der Waals surface area contributed by atoms with E-state index in [0.29, 0.717) is 0 Å². The second-order valence-corrected chi connectivity index (χ2v) is 2.53. The Morgan fingerprint density at radius 3 is 2.67 bits per heavy atom. The van der Waals surface area contributed by atoms with Gasteiger partial charge in [-0.1, -0.05) is 0 Å². The maximum Gasteiger partial charge on any atom is 0.348 e. The van der Waals surface area contributed by atoms with Crippen LogP contribution >= 0.6 is 0 Å². The lowest BCUT2D eigenvalue weighted by Gasteiger charge is -2.04. The summed E-state index contributed by atoms with van der Waals surface area (Å²) in [4.78, 5) is 11.3. The molecule has 9 nitrogen and oxygen atoms in total. The highest BCUT2D eigenvalue weighted by molar-refractivity contribution is 5.77. The molecule has 1 atom stereocenters. The van der Waals surface area contributed by atoms with E-state index in [-0.39, 0.29) is 11.6 Å². The Morgan fingerprint density at radius 2 is 2.07 bits per heavy atom. The summed E-state index contributed by atoms with van der Waals surface area (Å²) in [5.41, 5.74) is 0.0727. The standard InChI is InChI=1S/C6H6N6O3/c13-5(3-1-7-11-9-3)6(14)15-4-2-8-12-10-4/h1-2,5,13H,(H,7,9,11)(H,8,10,12). The number of H-pyrrole nitrogens is 2. The lowest BCUT2D eigenvalue weighted by Crippen LogP contribution is -2.18. The average Bonchev–Trinajstić information content (AvgIpc) is 2.88. The molecule has 0 bridgehead atoms. The number of carbonyl (C=O) groups excluding carboxylic acids is 1. The zero-order chi connectivity index (χ0) is 10.7. The Morgan fingerprint density at radius 1 is 1.33 bits per heavy atom. The molecule has 0 saturated heterocycles. The Balaban J connectivity index is 2.03. The van der Waals surface area contributed by atoms with Crippen LogP contribution in [0, 0.1) is 0 Å². The summed E-state index contributed by atoms with van der Waals surface area (Å²) in [6, 6.07) is 0. The fourth-order valence-corrected chi connectivity index (χ4v) is 0.862. The van der Waals surface area contributed by atoms with Gasteiger partial charge in [-0.3, -0.25) is 0 Å². The Kier molecular flexibility index (Phi) is 2.37. The number of hydrogen-bond donors (Lipinski definition) is 3. The molecule has 2 heterocycles. The molecule has 2 aromatic heterocycles. The molecule has 2 aromatic rings. The largest absolute Gasteiger partial charge is 0.402 e. The lowest BCUT2D eigenvalue weighted by atomic mass is 10.3. The summed E-state index contributed by atoms with van der Waals surface area (Å²) in [6.45, 7) is 0. The fraction of sp³-hybridized carbons (Fsp3) is 0.167. The third kappa shape index (κ3) is 1.96. The van der Waals surface area contributed by atoms with Crippen molar-refractivity contribution in [3.8, 4) is 5.88 Å². The first-order valence-corrected chi connectivity index (χ1v) is 3.88.